The van der Waals surface area contributed by atoms with Crippen molar-refractivity contribution in [3.05, 3.63) is 0 Å². The molecule has 0 bridgehead atoms. The number of rotatable bonds is 2. The molecule has 0 atom stereocenters. The Balaban J connectivity index is -0.000000101. The van der Waals surface area contributed by atoms with Gasteiger partial charge in [0.2, 0.25) is 0 Å². The maximum Gasteiger partial charge on any atom is 0.300 e. The van der Waals surface area contributed by atoms with E-state index in [4.69, 9.17) is 30.0 Å². The minimum absolute atomic E-state index is 0.125. The molecule has 12 heavy (non-hydrogen) atoms. The van der Waals surface area contributed by atoms with E-state index < -0.39 is 5.97 Å². The van der Waals surface area contributed by atoms with Crippen molar-refractivity contribution in [3.63, 3.8) is 0 Å². The lowest BCUT2D eigenvalue weighted by Gasteiger charge is -1.70. The maximum atomic E-state index is 9.00. The van der Waals surface area contributed by atoms with E-state index >= 15 is 0 Å². The zero-order valence-corrected chi connectivity index (χ0v) is 6.80. The molecule has 0 aromatic carbocycles. The Morgan fingerprint density at radius 2 is 1.42 bits per heavy atom. The number of carboxylic acids is 1. The Morgan fingerprint density at radius 3 is 1.42 bits per heavy atom. The standard InChI is InChI=1S/C2H4O2.C2H6O2.C2H4O2/c1-2(3)4;2*3-1-2-4/h1H3,(H,3,4);3-4H,1-2H2;1,4H,2H2. The molecule has 0 rings (SSSR count). The van der Waals surface area contributed by atoms with Crippen LogP contribution in [-0.2, 0) is 9.59 Å². The number of aldehydes is 1. The second kappa shape index (κ2) is 22.5. The molecule has 6 heteroatoms. The highest BCUT2D eigenvalue weighted by Gasteiger charge is 1.65. The van der Waals surface area contributed by atoms with Crippen molar-refractivity contribution in [2.75, 3.05) is 19.8 Å². The molecular formula is C6H14O6. The highest BCUT2D eigenvalue weighted by atomic mass is 16.4. The summed E-state index contributed by atoms with van der Waals surface area (Å²) in [7, 11) is 0. The number of aliphatic carboxylic acids is 1. The average Bonchev–Trinajstić information content (AvgIpc) is 2.03. The first-order valence-electron chi connectivity index (χ1n) is 3.02. The van der Waals surface area contributed by atoms with Gasteiger partial charge in [0.05, 0.1) is 19.8 Å². The van der Waals surface area contributed by atoms with Gasteiger partial charge in [-0.05, 0) is 0 Å². The Labute approximate surface area is 70.1 Å². The third-order valence-corrected chi connectivity index (χ3v) is 0.175. The summed E-state index contributed by atoms with van der Waals surface area (Å²) in [6.07, 6.45) is 0.431. The molecule has 0 amide bonds. The van der Waals surface area contributed by atoms with E-state index in [0.717, 1.165) is 6.92 Å². The molecule has 0 aliphatic heterocycles. The maximum absolute atomic E-state index is 9.00. The number of hydrogen-bond acceptors (Lipinski definition) is 5. The van der Waals surface area contributed by atoms with Crippen molar-refractivity contribution in [3.8, 4) is 0 Å². The molecule has 0 spiro atoms. The van der Waals surface area contributed by atoms with Crippen molar-refractivity contribution in [1.29, 1.82) is 0 Å². The van der Waals surface area contributed by atoms with Crippen LogP contribution in [0.15, 0.2) is 0 Å². The lowest BCUT2D eigenvalue weighted by molar-refractivity contribution is -0.134. The zero-order valence-electron chi connectivity index (χ0n) is 6.80. The molecule has 0 fully saturated rings. The summed E-state index contributed by atoms with van der Waals surface area (Å²) >= 11 is 0. The molecule has 0 aliphatic rings. The fourth-order valence-electron chi connectivity index (χ4n) is 0. The largest absolute Gasteiger partial charge is 0.481 e. The van der Waals surface area contributed by atoms with Crippen LogP contribution in [0.5, 0.6) is 0 Å². The fourth-order valence-corrected chi connectivity index (χ4v) is 0. The minimum atomic E-state index is -0.833. The summed E-state index contributed by atoms with van der Waals surface area (Å²) in [6.45, 7) is 0.472. The molecule has 74 valence electrons. The van der Waals surface area contributed by atoms with Crippen molar-refractivity contribution in [2.45, 2.75) is 6.92 Å². The fraction of sp³-hybridized carbons (Fsp3) is 0.667. The number of hydrogen-bond donors (Lipinski definition) is 4. The van der Waals surface area contributed by atoms with Crippen LogP contribution in [0.3, 0.4) is 0 Å². The van der Waals surface area contributed by atoms with Gasteiger partial charge in [-0.25, -0.2) is 0 Å². The third-order valence-electron chi connectivity index (χ3n) is 0.175. The predicted octanol–water partition coefficient (Wildman–Crippen LogP) is -1.76. The minimum Gasteiger partial charge on any atom is -0.481 e. The molecule has 0 aliphatic carbocycles. The lowest BCUT2D eigenvalue weighted by Crippen LogP contribution is -1.85. The van der Waals surface area contributed by atoms with E-state index in [0.29, 0.717) is 6.29 Å². The lowest BCUT2D eigenvalue weighted by atomic mass is 10.8. The van der Waals surface area contributed by atoms with Crippen molar-refractivity contribution in [2.24, 2.45) is 0 Å². The Hall–Kier alpha value is -0.980. The smallest absolute Gasteiger partial charge is 0.300 e. The molecule has 0 unspecified atom stereocenters. The highest BCUT2D eigenvalue weighted by molar-refractivity contribution is 5.62. The molecule has 0 radical (unpaired) electrons. The normalized spacial score (nSPS) is 6.67. The van der Waals surface area contributed by atoms with E-state index in [2.05, 4.69) is 0 Å². The molecule has 0 saturated heterocycles. The van der Waals surface area contributed by atoms with Crippen LogP contribution in [0, 0.1) is 0 Å². The Kier molecular flexibility index (Phi) is 32.2. The molecule has 0 aromatic heterocycles. The van der Waals surface area contributed by atoms with Gasteiger partial charge in [0, 0.05) is 6.92 Å². The van der Waals surface area contributed by atoms with Gasteiger partial charge >= 0.3 is 0 Å². The monoisotopic (exact) mass is 182 g/mol. The first-order chi connectivity index (χ1) is 5.56. The number of aliphatic hydroxyl groups is 3. The molecule has 0 heterocycles. The first-order valence-corrected chi connectivity index (χ1v) is 3.02. The third kappa shape index (κ3) is 558. The predicted molar refractivity (Wildman–Crippen MR) is 40.6 cm³/mol. The Morgan fingerprint density at radius 1 is 1.25 bits per heavy atom. The summed E-state index contributed by atoms with van der Waals surface area (Å²) in [5.74, 6) is -0.833. The highest BCUT2D eigenvalue weighted by Crippen LogP contribution is 1.42. The molecule has 0 saturated carbocycles. The van der Waals surface area contributed by atoms with Gasteiger partial charge < -0.3 is 25.2 Å². The van der Waals surface area contributed by atoms with Crippen LogP contribution in [0.1, 0.15) is 6.92 Å². The summed E-state index contributed by atoms with van der Waals surface area (Å²) < 4.78 is 0. The summed E-state index contributed by atoms with van der Waals surface area (Å²) in [4.78, 5) is 17.9. The second-order valence-corrected chi connectivity index (χ2v) is 1.32. The van der Waals surface area contributed by atoms with Crippen molar-refractivity contribution >= 4 is 12.3 Å². The summed E-state index contributed by atoms with van der Waals surface area (Å²) in [5.41, 5.74) is 0. The van der Waals surface area contributed by atoms with Crippen LogP contribution < -0.4 is 0 Å². The molecule has 0 aromatic rings. The Bertz CT molecular complexity index is 86.0. The second-order valence-electron chi connectivity index (χ2n) is 1.32. The van der Waals surface area contributed by atoms with E-state index in [9.17, 15) is 0 Å². The molecule has 4 N–H and O–H groups in total. The van der Waals surface area contributed by atoms with E-state index in [1.807, 2.05) is 0 Å². The van der Waals surface area contributed by atoms with Gasteiger partial charge in [0.15, 0.2) is 0 Å². The molecular weight excluding hydrogens is 168 g/mol. The first kappa shape index (κ1) is 17.2. The van der Waals surface area contributed by atoms with Crippen LogP contribution in [0.2, 0.25) is 0 Å². The number of aliphatic hydroxyl groups excluding tert-OH is 3. The number of carbonyl (C=O) groups excluding carboxylic acids is 1. The zero-order chi connectivity index (χ0) is 10.4. The SMILES string of the molecule is CC(=O)O.O=CCO.OCCO. The topological polar surface area (TPSA) is 115 Å². The van der Waals surface area contributed by atoms with Crippen molar-refractivity contribution < 1.29 is 30.0 Å². The van der Waals surface area contributed by atoms with Crippen LogP contribution in [-0.4, -0.2) is 52.5 Å². The van der Waals surface area contributed by atoms with Gasteiger partial charge in [-0.1, -0.05) is 0 Å². The van der Waals surface area contributed by atoms with Gasteiger partial charge in [0.25, 0.3) is 5.97 Å². The van der Waals surface area contributed by atoms with Crippen molar-refractivity contribution in [1.82, 2.24) is 0 Å². The van der Waals surface area contributed by atoms with E-state index in [1.54, 1.807) is 0 Å². The van der Waals surface area contributed by atoms with Gasteiger partial charge in [-0.2, -0.15) is 0 Å². The summed E-state index contributed by atoms with van der Waals surface area (Å²) in [5, 5.41) is 30.2. The van der Waals surface area contributed by atoms with Crippen LogP contribution in [0.4, 0.5) is 0 Å². The van der Waals surface area contributed by atoms with E-state index in [1.165, 1.54) is 0 Å². The average molecular weight is 182 g/mol. The number of carboxylic acid groups (broad SMARTS) is 1. The van der Waals surface area contributed by atoms with Crippen LogP contribution >= 0.6 is 0 Å². The molecule has 6 nitrogen and oxygen atoms in total. The quantitative estimate of drug-likeness (QED) is 0.376. The summed E-state index contributed by atoms with van der Waals surface area (Å²) in [6, 6.07) is 0. The van der Waals surface area contributed by atoms with Gasteiger partial charge in [-0.3, -0.25) is 4.79 Å². The van der Waals surface area contributed by atoms with E-state index in [-0.39, 0.29) is 19.8 Å². The van der Waals surface area contributed by atoms with Gasteiger partial charge in [0.1, 0.15) is 6.29 Å². The van der Waals surface area contributed by atoms with Gasteiger partial charge in [-0.15, -0.1) is 0 Å². The number of carbonyl (C=O) groups is 2. The van der Waals surface area contributed by atoms with Crippen LogP contribution in [0.25, 0.3) is 0 Å².